The highest BCUT2D eigenvalue weighted by atomic mass is 35.5. The summed E-state index contributed by atoms with van der Waals surface area (Å²) in [4.78, 5) is 23.2. The van der Waals surface area contributed by atoms with Crippen LogP contribution in [0.2, 0.25) is 10.0 Å². The van der Waals surface area contributed by atoms with Crippen molar-refractivity contribution in [3.8, 4) is 11.3 Å². The number of hydrogen-bond acceptors (Lipinski definition) is 7. The van der Waals surface area contributed by atoms with Crippen molar-refractivity contribution in [1.29, 1.82) is 0 Å². The zero-order valence-corrected chi connectivity index (χ0v) is 19.0. The van der Waals surface area contributed by atoms with Gasteiger partial charge in [-0.15, -0.1) is 0 Å². The predicted molar refractivity (Wildman–Crippen MR) is 123 cm³/mol. The largest absolute Gasteiger partial charge is 0.617 e. The fourth-order valence-electron chi connectivity index (χ4n) is 3.82. The molecule has 0 radical (unpaired) electrons. The van der Waals surface area contributed by atoms with Crippen LogP contribution in [0.1, 0.15) is 23.3 Å². The van der Waals surface area contributed by atoms with Crippen LogP contribution < -0.4 is 16.4 Å². The van der Waals surface area contributed by atoms with Crippen molar-refractivity contribution in [2.45, 2.75) is 18.4 Å². The second-order valence-electron chi connectivity index (χ2n) is 7.70. The first kappa shape index (κ1) is 22.1. The minimum Gasteiger partial charge on any atom is -0.617 e. The molecule has 12 heteroatoms. The maximum absolute atomic E-state index is 12.3. The number of rotatable bonds is 5. The molecule has 1 aliphatic heterocycles. The van der Waals surface area contributed by atoms with Gasteiger partial charge in [0.1, 0.15) is 17.1 Å². The lowest BCUT2D eigenvalue weighted by atomic mass is 9.91. The Kier molecular flexibility index (Phi) is 6.01. The molecule has 1 unspecified atom stereocenters. The molecule has 0 bridgehead atoms. The van der Waals surface area contributed by atoms with E-state index in [1.807, 2.05) is 4.90 Å². The molecule has 1 amide bonds. The van der Waals surface area contributed by atoms with Crippen LogP contribution in [0.4, 0.5) is 5.95 Å². The van der Waals surface area contributed by atoms with E-state index < -0.39 is 22.6 Å². The monoisotopic (exact) mass is 481 g/mol. The molecular weight excluding hydrogens is 461 g/mol. The average molecular weight is 482 g/mol. The quantitative estimate of drug-likeness (QED) is 0.471. The second kappa shape index (κ2) is 8.44. The van der Waals surface area contributed by atoms with Crippen molar-refractivity contribution in [3.63, 3.8) is 0 Å². The molecule has 9 nitrogen and oxygen atoms in total. The van der Waals surface area contributed by atoms with Crippen LogP contribution in [0, 0.1) is 0 Å². The van der Waals surface area contributed by atoms with E-state index >= 15 is 0 Å². The van der Waals surface area contributed by atoms with Crippen LogP contribution >= 0.6 is 23.2 Å². The number of fused-ring (bicyclic) bond motifs is 1. The average Bonchev–Trinajstić information content (AvgIpc) is 3.12. The molecule has 0 spiro atoms. The zero-order chi connectivity index (χ0) is 22.3. The van der Waals surface area contributed by atoms with E-state index in [4.69, 9.17) is 34.7 Å². The minimum atomic E-state index is -0.975. The number of anilines is 1. The number of benzene rings is 1. The maximum Gasteiger partial charge on any atom is 0.268 e. The number of halogens is 2. The molecule has 5 N–H and O–H groups in total. The standard InChI is InChI=1S/C19H21Cl2N7O2S/c1-31(30)9-19(23)5-7-28(8-6-19)18-24-15(16(22)29)12-14(26-27-17(12)25-18)10-3-2-4-11(20)13(10)21/h2-4H,5-9,23H2,1H3,(H2,22,29)(H,24,25,26,27). The van der Waals surface area contributed by atoms with E-state index in [0.717, 1.165) is 0 Å². The first-order valence-corrected chi connectivity index (χ1v) is 12.0. The zero-order valence-electron chi connectivity index (χ0n) is 16.7. The molecule has 0 saturated carbocycles. The van der Waals surface area contributed by atoms with Crippen LogP contribution in [-0.4, -0.2) is 61.3 Å². The Bertz CT molecular complexity index is 1150. The van der Waals surface area contributed by atoms with Gasteiger partial charge < -0.3 is 20.9 Å². The predicted octanol–water partition coefficient (Wildman–Crippen LogP) is 2.10. The van der Waals surface area contributed by atoms with Crippen LogP contribution in [0.3, 0.4) is 0 Å². The van der Waals surface area contributed by atoms with Crippen molar-refractivity contribution >= 4 is 57.3 Å². The van der Waals surface area contributed by atoms with Gasteiger partial charge in [0.05, 0.1) is 27.2 Å². The van der Waals surface area contributed by atoms with E-state index in [-0.39, 0.29) is 5.69 Å². The summed E-state index contributed by atoms with van der Waals surface area (Å²) in [5, 5.41) is 8.20. The molecule has 4 rings (SSSR count). The summed E-state index contributed by atoms with van der Waals surface area (Å²) in [6, 6.07) is 5.14. The molecule has 3 aromatic rings. The summed E-state index contributed by atoms with van der Waals surface area (Å²) in [6.45, 7) is 1.14. The molecule has 1 fully saturated rings. The van der Waals surface area contributed by atoms with Crippen molar-refractivity contribution < 1.29 is 9.35 Å². The molecule has 1 aromatic carbocycles. The lowest BCUT2D eigenvalue weighted by Crippen LogP contribution is -2.54. The van der Waals surface area contributed by atoms with Gasteiger partial charge in [-0.1, -0.05) is 46.5 Å². The van der Waals surface area contributed by atoms with Gasteiger partial charge >= 0.3 is 0 Å². The van der Waals surface area contributed by atoms with Crippen LogP contribution in [0.5, 0.6) is 0 Å². The number of primary amides is 1. The smallest absolute Gasteiger partial charge is 0.268 e. The summed E-state index contributed by atoms with van der Waals surface area (Å²) in [5.74, 6) is 0.0896. The molecule has 0 aliphatic carbocycles. The van der Waals surface area contributed by atoms with Crippen LogP contribution in [-0.2, 0) is 11.2 Å². The van der Waals surface area contributed by atoms with Gasteiger partial charge in [-0.3, -0.25) is 9.89 Å². The Morgan fingerprint density at radius 1 is 1.32 bits per heavy atom. The number of H-pyrrole nitrogens is 1. The fraction of sp³-hybridized carbons (Fsp3) is 0.368. The summed E-state index contributed by atoms with van der Waals surface area (Å²) in [6.07, 6.45) is 2.91. The van der Waals surface area contributed by atoms with Gasteiger partial charge in [-0.25, -0.2) is 4.98 Å². The van der Waals surface area contributed by atoms with Gasteiger partial charge in [0, 0.05) is 18.7 Å². The van der Waals surface area contributed by atoms with E-state index in [0.29, 0.717) is 70.0 Å². The molecule has 164 valence electrons. The van der Waals surface area contributed by atoms with E-state index in [1.54, 1.807) is 24.5 Å². The number of carbonyl (C=O) groups excluding carboxylic acids is 1. The number of piperidine rings is 1. The van der Waals surface area contributed by atoms with Crippen LogP contribution in [0.15, 0.2) is 18.2 Å². The first-order valence-electron chi connectivity index (χ1n) is 9.53. The van der Waals surface area contributed by atoms with Crippen molar-refractivity contribution in [2.24, 2.45) is 11.5 Å². The summed E-state index contributed by atoms with van der Waals surface area (Å²) in [5.41, 5.74) is 12.9. The Hall–Kier alpha value is -2.11. The summed E-state index contributed by atoms with van der Waals surface area (Å²) in [7, 11) is 0. The second-order valence-corrected chi connectivity index (χ2v) is 9.92. The molecule has 1 atom stereocenters. The highest BCUT2D eigenvalue weighted by molar-refractivity contribution is 7.90. The van der Waals surface area contributed by atoms with E-state index in [1.165, 1.54) is 0 Å². The Labute approximate surface area is 191 Å². The van der Waals surface area contributed by atoms with Gasteiger partial charge in [0.15, 0.2) is 5.65 Å². The maximum atomic E-state index is 12.3. The Balaban J connectivity index is 1.73. The number of aromatic amines is 1. The summed E-state index contributed by atoms with van der Waals surface area (Å²) >= 11 is 11.5. The highest BCUT2D eigenvalue weighted by Gasteiger charge is 2.35. The normalized spacial score (nSPS) is 17.1. The Morgan fingerprint density at radius 2 is 2.03 bits per heavy atom. The van der Waals surface area contributed by atoms with Crippen molar-refractivity contribution in [3.05, 3.63) is 33.9 Å². The number of aromatic nitrogens is 4. The molecule has 2 aromatic heterocycles. The SMILES string of the molecule is C[S+]([O-])CC1(N)CCN(c2nc(C(N)=O)c3c(-c4cccc(Cl)c4Cl)n[nH]c3n2)CC1. The third-order valence-electron chi connectivity index (χ3n) is 5.38. The number of nitrogens with zero attached hydrogens (tertiary/aromatic N) is 4. The van der Waals surface area contributed by atoms with Gasteiger partial charge in [0.2, 0.25) is 5.95 Å². The minimum absolute atomic E-state index is 0.0408. The lowest BCUT2D eigenvalue weighted by molar-refractivity contribution is 0.0997. The first-order chi connectivity index (χ1) is 14.7. The Morgan fingerprint density at radius 3 is 2.68 bits per heavy atom. The van der Waals surface area contributed by atoms with Crippen molar-refractivity contribution in [1.82, 2.24) is 20.2 Å². The topological polar surface area (TPSA) is 150 Å². The summed E-state index contributed by atoms with van der Waals surface area (Å²) < 4.78 is 11.6. The van der Waals surface area contributed by atoms with Gasteiger partial charge in [-0.05, 0) is 18.9 Å². The molecular formula is C19H21Cl2N7O2S. The van der Waals surface area contributed by atoms with E-state index in [2.05, 4.69) is 20.2 Å². The molecule has 1 saturated heterocycles. The van der Waals surface area contributed by atoms with Gasteiger partial charge in [-0.2, -0.15) is 10.1 Å². The fourth-order valence-corrected chi connectivity index (χ4v) is 5.31. The number of amides is 1. The van der Waals surface area contributed by atoms with Gasteiger partial charge in [0.25, 0.3) is 5.91 Å². The third-order valence-corrected chi connectivity index (χ3v) is 7.18. The van der Waals surface area contributed by atoms with Crippen LogP contribution in [0.25, 0.3) is 22.3 Å². The molecule has 1 aliphatic rings. The van der Waals surface area contributed by atoms with Crippen molar-refractivity contribution in [2.75, 3.05) is 30.0 Å². The number of hydrogen-bond donors (Lipinski definition) is 3. The number of carbonyl (C=O) groups is 1. The van der Waals surface area contributed by atoms with E-state index in [9.17, 15) is 9.35 Å². The molecule has 31 heavy (non-hydrogen) atoms. The molecule has 3 heterocycles. The third kappa shape index (κ3) is 4.31. The number of nitrogens with one attached hydrogen (secondary N) is 1. The lowest BCUT2D eigenvalue weighted by Gasteiger charge is -2.38. The number of nitrogens with two attached hydrogens (primary N) is 2. The highest BCUT2D eigenvalue weighted by Crippen LogP contribution is 2.37.